The SMILES string of the molecule is CC(C)NCc1ccc(CN(C)c2cccc(F)c2)nc1. The number of hydrogen-bond acceptors (Lipinski definition) is 3. The number of nitrogens with one attached hydrogen (secondary N) is 1. The van der Waals surface area contributed by atoms with Crippen LogP contribution in [0.3, 0.4) is 0 Å². The Bertz CT molecular complexity index is 567. The zero-order valence-corrected chi connectivity index (χ0v) is 12.8. The Labute approximate surface area is 125 Å². The van der Waals surface area contributed by atoms with Crippen molar-refractivity contribution >= 4 is 5.69 Å². The Hall–Kier alpha value is -1.94. The maximum atomic E-state index is 13.2. The van der Waals surface area contributed by atoms with E-state index in [9.17, 15) is 4.39 Å². The molecule has 1 N–H and O–H groups in total. The lowest BCUT2D eigenvalue weighted by molar-refractivity contribution is 0.587. The van der Waals surface area contributed by atoms with Crippen LogP contribution in [-0.2, 0) is 13.1 Å². The Morgan fingerprint density at radius 2 is 2.05 bits per heavy atom. The van der Waals surface area contributed by atoms with E-state index in [0.29, 0.717) is 12.6 Å². The Balaban J connectivity index is 1.96. The zero-order chi connectivity index (χ0) is 15.2. The molecule has 0 aliphatic heterocycles. The Kier molecular flexibility index (Phi) is 5.28. The fourth-order valence-corrected chi connectivity index (χ4v) is 2.02. The van der Waals surface area contributed by atoms with E-state index in [2.05, 4.69) is 30.2 Å². The van der Waals surface area contributed by atoms with Gasteiger partial charge in [0.15, 0.2) is 0 Å². The maximum absolute atomic E-state index is 13.2. The van der Waals surface area contributed by atoms with E-state index in [0.717, 1.165) is 17.9 Å². The zero-order valence-electron chi connectivity index (χ0n) is 12.8. The standard InChI is InChI=1S/C17H22FN3/c1-13(2)19-10-14-7-8-16(20-11-14)12-21(3)17-6-4-5-15(18)9-17/h4-9,11,13,19H,10,12H2,1-3H3. The maximum Gasteiger partial charge on any atom is 0.125 e. The van der Waals surface area contributed by atoms with E-state index in [1.54, 1.807) is 6.07 Å². The number of anilines is 1. The number of halogens is 1. The second-order valence-electron chi connectivity index (χ2n) is 5.53. The summed E-state index contributed by atoms with van der Waals surface area (Å²) in [6, 6.07) is 11.2. The van der Waals surface area contributed by atoms with Crippen LogP contribution in [0.5, 0.6) is 0 Å². The molecule has 0 saturated heterocycles. The number of pyridine rings is 1. The van der Waals surface area contributed by atoms with Gasteiger partial charge >= 0.3 is 0 Å². The summed E-state index contributed by atoms with van der Waals surface area (Å²) < 4.78 is 13.2. The van der Waals surface area contributed by atoms with Crippen molar-refractivity contribution in [3.63, 3.8) is 0 Å². The molecule has 1 aromatic carbocycles. The molecule has 3 nitrogen and oxygen atoms in total. The largest absolute Gasteiger partial charge is 0.369 e. The average molecular weight is 287 g/mol. The van der Waals surface area contributed by atoms with Gasteiger partial charge in [0.1, 0.15) is 5.82 Å². The highest BCUT2D eigenvalue weighted by Crippen LogP contribution is 2.16. The molecule has 4 heteroatoms. The summed E-state index contributed by atoms with van der Waals surface area (Å²) in [4.78, 5) is 6.45. The normalized spacial score (nSPS) is 10.9. The van der Waals surface area contributed by atoms with Gasteiger partial charge in [-0.1, -0.05) is 26.0 Å². The van der Waals surface area contributed by atoms with Crippen LogP contribution in [0, 0.1) is 5.82 Å². The van der Waals surface area contributed by atoms with Gasteiger partial charge in [0, 0.05) is 31.5 Å². The van der Waals surface area contributed by atoms with Gasteiger partial charge < -0.3 is 10.2 Å². The van der Waals surface area contributed by atoms with Crippen molar-refractivity contribution in [1.82, 2.24) is 10.3 Å². The molecule has 0 aliphatic carbocycles. The third-order valence-electron chi connectivity index (χ3n) is 3.25. The summed E-state index contributed by atoms with van der Waals surface area (Å²) >= 11 is 0. The lowest BCUT2D eigenvalue weighted by atomic mass is 10.2. The van der Waals surface area contributed by atoms with E-state index < -0.39 is 0 Å². The highest BCUT2D eigenvalue weighted by Gasteiger charge is 2.04. The van der Waals surface area contributed by atoms with Crippen LogP contribution in [0.25, 0.3) is 0 Å². The highest BCUT2D eigenvalue weighted by molar-refractivity contribution is 5.45. The molecule has 0 bridgehead atoms. The Morgan fingerprint density at radius 3 is 2.67 bits per heavy atom. The van der Waals surface area contributed by atoms with E-state index in [-0.39, 0.29) is 5.82 Å². The van der Waals surface area contributed by atoms with E-state index in [1.807, 2.05) is 30.3 Å². The molecule has 21 heavy (non-hydrogen) atoms. The second-order valence-corrected chi connectivity index (χ2v) is 5.53. The first-order valence-corrected chi connectivity index (χ1v) is 7.18. The highest BCUT2D eigenvalue weighted by atomic mass is 19.1. The van der Waals surface area contributed by atoms with Crippen LogP contribution in [0.2, 0.25) is 0 Å². The van der Waals surface area contributed by atoms with Crippen molar-refractivity contribution in [3.05, 3.63) is 59.7 Å². The van der Waals surface area contributed by atoms with Gasteiger partial charge in [-0.2, -0.15) is 0 Å². The van der Waals surface area contributed by atoms with Crippen molar-refractivity contribution in [3.8, 4) is 0 Å². The number of hydrogen-bond donors (Lipinski definition) is 1. The van der Waals surface area contributed by atoms with Gasteiger partial charge in [0.05, 0.1) is 12.2 Å². The second kappa shape index (κ2) is 7.18. The first-order chi connectivity index (χ1) is 10.0. The molecule has 0 fully saturated rings. The molecule has 0 aliphatic rings. The van der Waals surface area contributed by atoms with Crippen molar-refractivity contribution < 1.29 is 4.39 Å². The van der Waals surface area contributed by atoms with Gasteiger partial charge in [-0.05, 0) is 29.8 Å². The minimum atomic E-state index is -0.220. The average Bonchev–Trinajstić information content (AvgIpc) is 2.46. The molecule has 112 valence electrons. The topological polar surface area (TPSA) is 28.2 Å². The lowest BCUT2D eigenvalue weighted by Crippen LogP contribution is -2.22. The fourth-order valence-electron chi connectivity index (χ4n) is 2.02. The van der Waals surface area contributed by atoms with Crippen LogP contribution in [0.15, 0.2) is 42.6 Å². The molecule has 1 aromatic heterocycles. The molecular weight excluding hydrogens is 265 g/mol. The lowest BCUT2D eigenvalue weighted by Gasteiger charge is -2.19. The molecular formula is C17H22FN3. The molecule has 0 amide bonds. The van der Waals surface area contributed by atoms with E-state index >= 15 is 0 Å². The van der Waals surface area contributed by atoms with Crippen LogP contribution < -0.4 is 10.2 Å². The van der Waals surface area contributed by atoms with Gasteiger partial charge in [-0.25, -0.2) is 4.39 Å². The summed E-state index contributed by atoms with van der Waals surface area (Å²) in [6.45, 7) is 5.72. The molecule has 2 rings (SSSR count). The molecule has 2 aromatic rings. The van der Waals surface area contributed by atoms with Gasteiger partial charge in [0.2, 0.25) is 0 Å². The van der Waals surface area contributed by atoms with Crippen LogP contribution in [0.1, 0.15) is 25.1 Å². The smallest absolute Gasteiger partial charge is 0.125 e. The molecule has 0 spiro atoms. The van der Waals surface area contributed by atoms with Crippen molar-refractivity contribution in [2.45, 2.75) is 33.0 Å². The number of benzene rings is 1. The first-order valence-electron chi connectivity index (χ1n) is 7.18. The number of nitrogens with zero attached hydrogens (tertiary/aromatic N) is 2. The van der Waals surface area contributed by atoms with Gasteiger partial charge in [-0.3, -0.25) is 4.98 Å². The van der Waals surface area contributed by atoms with Crippen molar-refractivity contribution in [2.24, 2.45) is 0 Å². The van der Waals surface area contributed by atoms with Crippen LogP contribution in [0.4, 0.5) is 10.1 Å². The van der Waals surface area contributed by atoms with E-state index in [4.69, 9.17) is 0 Å². The Morgan fingerprint density at radius 1 is 1.24 bits per heavy atom. The molecule has 0 unspecified atom stereocenters. The quantitative estimate of drug-likeness (QED) is 0.883. The van der Waals surface area contributed by atoms with Gasteiger partial charge in [0.25, 0.3) is 0 Å². The first kappa shape index (κ1) is 15.4. The summed E-state index contributed by atoms with van der Waals surface area (Å²) in [5, 5.41) is 3.36. The predicted octanol–water partition coefficient (Wildman–Crippen LogP) is 3.36. The fraction of sp³-hybridized carbons (Fsp3) is 0.353. The monoisotopic (exact) mass is 287 g/mol. The molecule has 0 atom stereocenters. The number of aromatic nitrogens is 1. The third kappa shape index (κ3) is 4.83. The minimum Gasteiger partial charge on any atom is -0.369 e. The summed E-state index contributed by atoms with van der Waals surface area (Å²) in [7, 11) is 1.94. The predicted molar refractivity (Wildman–Crippen MR) is 84.7 cm³/mol. The summed E-state index contributed by atoms with van der Waals surface area (Å²) in [5.74, 6) is -0.220. The van der Waals surface area contributed by atoms with E-state index in [1.165, 1.54) is 17.7 Å². The van der Waals surface area contributed by atoms with Crippen molar-refractivity contribution in [1.29, 1.82) is 0 Å². The van der Waals surface area contributed by atoms with Crippen molar-refractivity contribution in [2.75, 3.05) is 11.9 Å². The van der Waals surface area contributed by atoms with Crippen LogP contribution >= 0.6 is 0 Å². The molecule has 0 radical (unpaired) electrons. The van der Waals surface area contributed by atoms with Gasteiger partial charge in [-0.15, -0.1) is 0 Å². The minimum absolute atomic E-state index is 0.220. The summed E-state index contributed by atoms with van der Waals surface area (Å²) in [6.07, 6.45) is 1.89. The third-order valence-corrected chi connectivity index (χ3v) is 3.25. The van der Waals surface area contributed by atoms with Crippen LogP contribution in [-0.4, -0.2) is 18.1 Å². The molecule has 1 heterocycles. The molecule has 0 saturated carbocycles. The summed E-state index contributed by atoms with van der Waals surface area (Å²) in [5.41, 5.74) is 2.98. The number of rotatable bonds is 6.